The summed E-state index contributed by atoms with van der Waals surface area (Å²) in [6.45, 7) is -0.422. The summed E-state index contributed by atoms with van der Waals surface area (Å²) in [5.41, 5.74) is 0.633. The molecule has 0 unspecified atom stereocenters. The van der Waals surface area contributed by atoms with Crippen molar-refractivity contribution in [3.63, 3.8) is 0 Å². The Labute approximate surface area is 128 Å². The van der Waals surface area contributed by atoms with Crippen LogP contribution in [0.15, 0.2) is 29.7 Å². The molecule has 1 aliphatic rings. The van der Waals surface area contributed by atoms with Crippen LogP contribution in [0.1, 0.15) is 6.23 Å². The second-order valence-corrected chi connectivity index (χ2v) is 5.29. The molecule has 0 aromatic carbocycles. The molecule has 1 aliphatic heterocycles. The molecule has 3 aromatic rings. The van der Waals surface area contributed by atoms with E-state index in [0.717, 1.165) is 0 Å². The number of imidazole rings is 1. The predicted molar refractivity (Wildman–Crippen MR) is 75.6 cm³/mol. The van der Waals surface area contributed by atoms with Crippen LogP contribution in [0.2, 0.25) is 0 Å². The van der Waals surface area contributed by atoms with Gasteiger partial charge in [-0.05, 0) is 0 Å². The molecule has 23 heavy (non-hydrogen) atoms. The van der Waals surface area contributed by atoms with Crippen LogP contribution in [0.5, 0.6) is 0 Å². The van der Waals surface area contributed by atoms with Gasteiger partial charge in [0, 0.05) is 12.3 Å². The van der Waals surface area contributed by atoms with E-state index in [1.165, 1.54) is 29.5 Å². The molecule has 0 amide bonds. The smallest absolute Gasteiger partial charge is 0.273 e. The average molecular weight is 319 g/mol. The fourth-order valence-electron chi connectivity index (χ4n) is 2.74. The van der Waals surface area contributed by atoms with Crippen molar-refractivity contribution in [3.8, 4) is 0 Å². The molecule has 0 bridgehead atoms. The van der Waals surface area contributed by atoms with E-state index in [9.17, 15) is 15.0 Å². The Kier molecular flexibility index (Phi) is 3.13. The lowest BCUT2D eigenvalue weighted by molar-refractivity contribution is -0.0511. The molecule has 120 valence electrons. The van der Waals surface area contributed by atoms with Crippen molar-refractivity contribution in [3.05, 3.63) is 35.3 Å². The number of fused-ring (bicyclic) bond motifs is 3. The van der Waals surface area contributed by atoms with E-state index in [2.05, 4.69) is 15.0 Å². The van der Waals surface area contributed by atoms with Crippen LogP contribution in [0.4, 0.5) is 0 Å². The van der Waals surface area contributed by atoms with Crippen LogP contribution in [-0.2, 0) is 4.74 Å². The second-order valence-electron chi connectivity index (χ2n) is 5.29. The summed E-state index contributed by atoms with van der Waals surface area (Å²) in [4.78, 5) is 23.8. The van der Waals surface area contributed by atoms with Gasteiger partial charge in [0.1, 0.15) is 24.6 Å². The minimum atomic E-state index is -1.24. The van der Waals surface area contributed by atoms with Crippen LogP contribution >= 0.6 is 0 Å². The highest BCUT2D eigenvalue weighted by Crippen LogP contribution is 2.31. The van der Waals surface area contributed by atoms with Crippen LogP contribution in [0.25, 0.3) is 16.8 Å². The van der Waals surface area contributed by atoms with Gasteiger partial charge in [0.25, 0.3) is 5.56 Å². The number of hydrogen-bond acceptors (Lipinski definition) is 8. The van der Waals surface area contributed by atoms with Gasteiger partial charge in [-0.1, -0.05) is 0 Å². The van der Waals surface area contributed by atoms with E-state index in [0.29, 0.717) is 16.8 Å². The molecule has 3 N–H and O–H groups in total. The molecule has 3 aromatic heterocycles. The summed E-state index contributed by atoms with van der Waals surface area (Å²) in [6.07, 6.45) is 0.0759. The van der Waals surface area contributed by atoms with Crippen LogP contribution in [-0.4, -0.2) is 64.2 Å². The van der Waals surface area contributed by atoms with Crippen molar-refractivity contribution in [2.75, 3.05) is 6.61 Å². The Hall–Kier alpha value is -2.40. The SMILES string of the molecule is O=c1ccn2cnc3c(ncn3[C@H]3O[C@@H](CO)[C@@H](O)[C@H]3O)c2n1. The van der Waals surface area contributed by atoms with Gasteiger partial charge in [0.05, 0.1) is 12.9 Å². The van der Waals surface area contributed by atoms with E-state index >= 15 is 0 Å². The molecule has 4 rings (SSSR count). The summed E-state index contributed by atoms with van der Waals surface area (Å²) in [7, 11) is 0. The highest BCUT2D eigenvalue weighted by atomic mass is 16.6. The van der Waals surface area contributed by atoms with E-state index in [-0.39, 0.29) is 0 Å². The molecule has 0 saturated carbocycles. The number of hydrogen-bond donors (Lipinski definition) is 3. The summed E-state index contributed by atoms with van der Waals surface area (Å²) in [5, 5.41) is 29.1. The molecule has 4 heterocycles. The molecular formula is C13H13N5O5. The van der Waals surface area contributed by atoms with Crippen molar-refractivity contribution in [2.24, 2.45) is 0 Å². The molecule has 0 aliphatic carbocycles. The summed E-state index contributed by atoms with van der Waals surface area (Å²) in [6, 6.07) is 1.31. The monoisotopic (exact) mass is 319 g/mol. The topological polar surface area (TPSA) is 135 Å². The van der Waals surface area contributed by atoms with E-state index in [1.807, 2.05) is 0 Å². The Morgan fingerprint density at radius 3 is 2.74 bits per heavy atom. The predicted octanol–water partition coefficient (Wildman–Crippen LogP) is -1.95. The molecule has 1 fully saturated rings. The zero-order valence-electron chi connectivity index (χ0n) is 11.7. The fraction of sp³-hybridized carbons (Fsp3) is 0.385. The summed E-state index contributed by atoms with van der Waals surface area (Å²) in [5.74, 6) is 0. The van der Waals surface area contributed by atoms with Crippen LogP contribution in [0, 0.1) is 0 Å². The number of ether oxygens (including phenoxy) is 1. The largest absolute Gasteiger partial charge is 0.394 e. The Bertz CT molecular complexity index is 937. The first-order chi connectivity index (χ1) is 11.1. The lowest BCUT2D eigenvalue weighted by Crippen LogP contribution is -2.33. The zero-order chi connectivity index (χ0) is 16.1. The number of aromatic nitrogens is 5. The normalized spacial score (nSPS) is 28.0. The first-order valence-corrected chi connectivity index (χ1v) is 6.93. The third-order valence-corrected chi connectivity index (χ3v) is 3.91. The van der Waals surface area contributed by atoms with Crippen molar-refractivity contribution < 1.29 is 20.1 Å². The maximum absolute atomic E-state index is 11.5. The Morgan fingerprint density at radius 1 is 1.17 bits per heavy atom. The standard InChI is InChI=1S/C13H13N5O5/c19-3-6-9(21)10(22)13(23-6)18-5-14-8-11(18)15-4-17-2-1-7(20)16-12(8)17/h1-2,4-6,9-10,13,19,21-22H,3H2/t6-,9+,10+,13-/m0/s1. The summed E-state index contributed by atoms with van der Waals surface area (Å²) >= 11 is 0. The third-order valence-electron chi connectivity index (χ3n) is 3.91. The van der Waals surface area contributed by atoms with E-state index in [1.54, 1.807) is 4.40 Å². The third kappa shape index (κ3) is 2.04. The average Bonchev–Trinajstić information content (AvgIpc) is 3.10. The molecular weight excluding hydrogens is 306 g/mol. The zero-order valence-corrected chi connectivity index (χ0v) is 11.7. The first kappa shape index (κ1) is 14.2. The number of rotatable bonds is 2. The van der Waals surface area contributed by atoms with Gasteiger partial charge < -0.3 is 20.1 Å². The lowest BCUT2D eigenvalue weighted by Gasteiger charge is -2.16. The van der Waals surface area contributed by atoms with Gasteiger partial charge in [-0.15, -0.1) is 0 Å². The van der Waals surface area contributed by atoms with Crippen LogP contribution in [0.3, 0.4) is 0 Å². The van der Waals surface area contributed by atoms with Gasteiger partial charge in [0.2, 0.25) is 0 Å². The van der Waals surface area contributed by atoms with E-state index < -0.39 is 36.7 Å². The van der Waals surface area contributed by atoms with Gasteiger partial charge in [0.15, 0.2) is 23.0 Å². The van der Waals surface area contributed by atoms with Gasteiger partial charge >= 0.3 is 0 Å². The molecule has 10 heteroatoms. The molecule has 1 saturated heterocycles. The van der Waals surface area contributed by atoms with Gasteiger partial charge in [-0.3, -0.25) is 13.8 Å². The maximum Gasteiger partial charge on any atom is 0.273 e. The maximum atomic E-state index is 11.5. The van der Waals surface area contributed by atoms with E-state index in [4.69, 9.17) is 9.84 Å². The Morgan fingerprint density at radius 2 is 2.00 bits per heavy atom. The molecule has 10 nitrogen and oxygen atoms in total. The number of aliphatic hydroxyl groups is 3. The minimum Gasteiger partial charge on any atom is -0.394 e. The molecule has 0 radical (unpaired) electrons. The van der Waals surface area contributed by atoms with Crippen molar-refractivity contribution >= 4 is 16.8 Å². The highest BCUT2D eigenvalue weighted by Gasteiger charge is 2.43. The quantitative estimate of drug-likeness (QED) is 0.496. The fourth-order valence-corrected chi connectivity index (χ4v) is 2.74. The molecule has 0 spiro atoms. The first-order valence-electron chi connectivity index (χ1n) is 6.93. The lowest BCUT2D eigenvalue weighted by atomic mass is 10.1. The number of aliphatic hydroxyl groups excluding tert-OH is 3. The van der Waals surface area contributed by atoms with Crippen molar-refractivity contribution in [1.82, 2.24) is 23.9 Å². The molecule has 4 atom stereocenters. The van der Waals surface area contributed by atoms with Crippen LogP contribution < -0.4 is 5.56 Å². The van der Waals surface area contributed by atoms with Gasteiger partial charge in [-0.2, -0.15) is 4.98 Å². The highest BCUT2D eigenvalue weighted by molar-refractivity contribution is 5.84. The van der Waals surface area contributed by atoms with Gasteiger partial charge in [-0.25, -0.2) is 9.97 Å². The van der Waals surface area contributed by atoms with Crippen molar-refractivity contribution in [1.29, 1.82) is 0 Å². The Balaban J connectivity index is 1.88. The summed E-state index contributed by atoms with van der Waals surface area (Å²) < 4.78 is 8.46. The van der Waals surface area contributed by atoms with Crippen molar-refractivity contribution in [2.45, 2.75) is 24.5 Å². The number of nitrogens with zero attached hydrogens (tertiary/aromatic N) is 5. The second kappa shape index (κ2) is 5.06. The minimum absolute atomic E-state index is 0.327.